The SMILES string of the molecule is CC(CCl)(CCl)NCc1ccc(Cl)cc1F. The topological polar surface area (TPSA) is 12.0 Å². The van der Waals surface area contributed by atoms with Crippen LogP contribution in [0.4, 0.5) is 4.39 Å². The Kier molecular flexibility index (Phi) is 5.32. The van der Waals surface area contributed by atoms with Crippen LogP contribution in [0.3, 0.4) is 0 Å². The van der Waals surface area contributed by atoms with Gasteiger partial charge in [-0.25, -0.2) is 4.39 Å². The number of nitrogens with one attached hydrogen (secondary N) is 1. The van der Waals surface area contributed by atoms with Crippen LogP contribution in [-0.2, 0) is 6.54 Å². The molecule has 0 bridgehead atoms. The lowest BCUT2D eigenvalue weighted by Gasteiger charge is -2.26. The van der Waals surface area contributed by atoms with Crippen molar-refractivity contribution in [2.24, 2.45) is 0 Å². The summed E-state index contributed by atoms with van der Waals surface area (Å²) in [4.78, 5) is 0. The van der Waals surface area contributed by atoms with Crippen LogP contribution < -0.4 is 5.32 Å². The number of halogens is 4. The van der Waals surface area contributed by atoms with Gasteiger partial charge in [-0.05, 0) is 19.1 Å². The molecule has 0 amide bonds. The van der Waals surface area contributed by atoms with Gasteiger partial charge in [-0.15, -0.1) is 23.2 Å². The van der Waals surface area contributed by atoms with Crippen molar-refractivity contribution in [2.45, 2.75) is 19.0 Å². The van der Waals surface area contributed by atoms with E-state index in [1.54, 1.807) is 12.1 Å². The van der Waals surface area contributed by atoms with Gasteiger partial charge in [-0.1, -0.05) is 17.7 Å². The average Bonchev–Trinajstić information content (AvgIpc) is 2.27. The van der Waals surface area contributed by atoms with Crippen LogP contribution in [0, 0.1) is 5.82 Å². The molecule has 0 aliphatic heterocycles. The molecular weight excluding hydrogens is 271 g/mol. The highest BCUT2D eigenvalue weighted by Crippen LogP contribution is 2.16. The van der Waals surface area contributed by atoms with E-state index in [1.807, 2.05) is 6.92 Å². The summed E-state index contributed by atoms with van der Waals surface area (Å²) < 4.78 is 13.4. The Morgan fingerprint density at radius 3 is 2.44 bits per heavy atom. The fourth-order valence-corrected chi connectivity index (χ4v) is 1.74. The standard InChI is InChI=1S/C11H13Cl3FN/c1-11(6-12,7-13)16-5-8-2-3-9(14)4-10(8)15/h2-4,16H,5-7H2,1H3. The number of benzene rings is 1. The predicted octanol–water partition coefficient (Wildman–Crippen LogP) is 3.81. The lowest BCUT2D eigenvalue weighted by atomic mass is 10.1. The fraction of sp³-hybridized carbons (Fsp3) is 0.455. The number of hydrogen-bond acceptors (Lipinski definition) is 1. The van der Waals surface area contributed by atoms with Gasteiger partial charge in [0.15, 0.2) is 0 Å². The molecule has 0 fully saturated rings. The minimum atomic E-state index is -0.394. The molecule has 0 saturated carbocycles. The van der Waals surface area contributed by atoms with Crippen LogP contribution in [0.25, 0.3) is 0 Å². The molecule has 0 spiro atoms. The van der Waals surface area contributed by atoms with Crippen LogP contribution >= 0.6 is 34.8 Å². The third-order valence-electron chi connectivity index (χ3n) is 2.31. The summed E-state index contributed by atoms with van der Waals surface area (Å²) in [5.41, 5.74) is 0.153. The van der Waals surface area contributed by atoms with Crippen molar-refractivity contribution >= 4 is 34.8 Å². The molecule has 0 aliphatic rings. The Balaban J connectivity index is 2.67. The Bertz CT molecular complexity index is 353. The van der Waals surface area contributed by atoms with Gasteiger partial charge in [0.2, 0.25) is 0 Å². The normalized spacial score (nSPS) is 11.8. The van der Waals surface area contributed by atoms with E-state index in [1.165, 1.54) is 6.07 Å². The largest absolute Gasteiger partial charge is 0.305 e. The smallest absolute Gasteiger partial charge is 0.129 e. The van der Waals surface area contributed by atoms with Gasteiger partial charge in [0, 0.05) is 34.4 Å². The van der Waals surface area contributed by atoms with E-state index in [4.69, 9.17) is 34.8 Å². The minimum absolute atomic E-state index is 0.327. The first kappa shape index (κ1) is 14.0. The van der Waals surface area contributed by atoms with Gasteiger partial charge in [-0.3, -0.25) is 0 Å². The lowest BCUT2D eigenvalue weighted by Crippen LogP contribution is -2.45. The maximum absolute atomic E-state index is 13.4. The molecule has 0 heterocycles. The number of rotatable bonds is 5. The first-order chi connectivity index (χ1) is 7.50. The van der Waals surface area contributed by atoms with Crippen molar-refractivity contribution in [1.29, 1.82) is 0 Å². The molecule has 1 nitrogen and oxygen atoms in total. The van der Waals surface area contributed by atoms with Crippen LogP contribution in [0.5, 0.6) is 0 Å². The summed E-state index contributed by atoms with van der Waals surface area (Å²) >= 11 is 17.2. The summed E-state index contributed by atoms with van der Waals surface area (Å²) in [7, 11) is 0. The molecule has 1 rings (SSSR count). The van der Waals surface area contributed by atoms with E-state index in [9.17, 15) is 4.39 Å². The lowest BCUT2D eigenvalue weighted by molar-refractivity contribution is 0.428. The Morgan fingerprint density at radius 1 is 1.31 bits per heavy atom. The zero-order valence-electron chi connectivity index (χ0n) is 8.87. The van der Waals surface area contributed by atoms with Crippen molar-refractivity contribution in [3.05, 3.63) is 34.6 Å². The summed E-state index contributed by atoms with van der Waals surface area (Å²) in [6.07, 6.45) is 0. The molecule has 0 radical (unpaired) electrons. The Hall–Kier alpha value is -0.0200. The van der Waals surface area contributed by atoms with E-state index in [-0.39, 0.29) is 5.82 Å². The third-order valence-corrected chi connectivity index (χ3v) is 3.73. The Labute approximate surface area is 110 Å². The molecule has 5 heteroatoms. The quantitative estimate of drug-likeness (QED) is 0.811. The molecule has 90 valence electrons. The maximum Gasteiger partial charge on any atom is 0.129 e. The first-order valence-corrected chi connectivity index (χ1v) is 6.26. The maximum atomic E-state index is 13.4. The van der Waals surface area contributed by atoms with Crippen molar-refractivity contribution in [3.63, 3.8) is 0 Å². The van der Waals surface area contributed by atoms with E-state index in [2.05, 4.69) is 5.32 Å². The fourth-order valence-electron chi connectivity index (χ4n) is 1.10. The Morgan fingerprint density at radius 2 is 1.94 bits per heavy atom. The second-order valence-electron chi connectivity index (χ2n) is 3.92. The summed E-state index contributed by atoms with van der Waals surface area (Å²) in [5, 5.41) is 3.51. The second-order valence-corrected chi connectivity index (χ2v) is 4.89. The molecule has 0 atom stereocenters. The van der Waals surface area contributed by atoms with Crippen molar-refractivity contribution in [2.75, 3.05) is 11.8 Å². The predicted molar refractivity (Wildman–Crippen MR) is 68.1 cm³/mol. The van der Waals surface area contributed by atoms with Crippen LogP contribution in [0.1, 0.15) is 12.5 Å². The first-order valence-electron chi connectivity index (χ1n) is 4.81. The molecule has 0 aromatic heterocycles. The molecule has 0 aliphatic carbocycles. The highest BCUT2D eigenvalue weighted by Gasteiger charge is 2.21. The molecule has 16 heavy (non-hydrogen) atoms. The van der Waals surface area contributed by atoms with Gasteiger partial charge in [0.05, 0.1) is 0 Å². The molecule has 0 saturated heterocycles. The third kappa shape index (κ3) is 3.77. The number of alkyl halides is 2. The van der Waals surface area contributed by atoms with Crippen LogP contribution in [-0.4, -0.2) is 17.3 Å². The molecule has 0 unspecified atom stereocenters. The minimum Gasteiger partial charge on any atom is -0.305 e. The molecule has 1 aromatic rings. The van der Waals surface area contributed by atoms with E-state index >= 15 is 0 Å². The van der Waals surface area contributed by atoms with Gasteiger partial charge >= 0.3 is 0 Å². The summed E-state index contributed by atoms with van der Waals surface area (Å²) in [6.45, 7) is 2.26. The average molecular weight is 285 g/mol. The number of hydrogen-bond donors (Lipinski definition) is 1. The molecule has 1 aromatic carbocycles. The van der Waals surface area contributed by atoms with Gasteiger partial charge < -0.3 is 5.32 Å². The summed E-state index contributed by atoms with van der Waals surface area (Å²) in [5.74, 6) is 0.406. The summed E-state index contributed by atoms with van der Waals surface area (Å²) in [6, 6.07) is 4.59. The monoisotopic (exact) mass is 283 g/mol. The van der Waals surface area contributed by atoms with Crippen molar-refractivity contribution in [3.8, 4) is 0 Å². The molecule has 1 N–H and O–H groups in total. The van der Waals surface area contributed by atoms with Crippen molar-refractivity contribution < 1.29 is 4.39 Å². The van der Waals surface area contributed by atoms with E-state index < -0.39 is 5.54 Å². The van der Waals surface area contributed by atoms with Crippen molar-refractivity contribution in [1.82, 2.24) is 5.32 Å². The highest BCUT2D eigenvalue weighted by atomic mass is 35.5. The van der Waals surface area contributed by atoms with Gasteiger partial charge in [0.1, 0.15) is 5.82 Å². The van der Waals surface area contributed by atoms with Crippen LogP contribution in [0.2, 0.25) is 5.02 Å². The molecular formula is C11H13Cl3FN. The van der Waals surface area contributed by atoms with E-state index in [0.717, 1.165) is 0 Å². The van der Waals surface area contributed by atoms with Crippen LogP contribution in [0.15, 0.2) is 18.2 Å². The highest BCUT2D eigenvalue weighted by molar-refractivity contribution is 6.30. The zero-order valence-corrected chi connectivity index (χ0v) is 11.1. The second kappa shape index (κ2) is 6.06. The van der Waals surface area contributed by atoms with E-state index in [0.29, 0.717) is 28.9 Å². The van der Waals surface area contributed by atoms with Gasteiger partial charge in [0.25, 0.3) is 0 Å². The zero-order chi connectivity index (χ0) is 12.2. The van der Waals surface area contributed by atoms with Gasteiger partial charge in [-0.2, -0.15) is 0 Å².